The van der Waals surface area contributed by atoms with Gasteiger partial charge in [-0.25, -0.2) is 19.6 Å². The molecule has 78 heavy (non-hydrogen) atoms. The normalized spacial score (nSPS) is 29.2. The molecule has 2 spiro atoms. The summed E-state index contributed by atoms with van der Waals surface area (Å²) in [5, 5.41) is 32.7. The Balaban J connectivity index is 1.15. The third-order valence-corrected chi connectivity index (χ3v) is 17.5. The summed E-state index contributed by atoms with van der Waals surface area (Å²) >= 11 is 0. The summed E-state index contributed by atoms with van der Waals surface area (Å²) in [6.45, 7) is 4.36. The minimum Gasteiger partial charge on any atom is -0.505 e. The number of cyclic esters (lactones) is 2. The number of hydrogen-bond donors (Lipinski definition) is 6. The number of aromatic nitrogens is 2. The third-order valence-electron chi connectivity index (χ3n) is 15.1. The van der Waals surface area contributed by atoms with Crippen molar-refractivity contribution < 1.29 is 67.6 Å². The molecule has 414 valence electrons. The number of nitrogens with zero attached hydrogens (tertiary/aromatic N) is 6. The molecule has 2 aliphatic heterocycles. The largest absolute Gasteiger partial charge is 0.505 e. The van der Waals surface area contributed by atoms with Crippen LogP contribution in [0.5, 0.6) is 11.5 Å². The van der Waals surface area contributed by atoms with E-state index in [9.17, 15) is 58.2 Å². The van der Waals surface area contributed by atoms with Crippen LogP contribution in [-0.4, -0.2) is 199 Å². The quantitative estimate of drug-likeness (QED) is 0.121. The summed E-state index contributed by atoms with van der Waals surface area (Å²) in [4.78, 5) is 157. The van der Waals surface area contributed by atoms with Crippen molar-refractivity contribution in [1.82, 2.24) is 50.8 Å². The molecule has 4 heterocycles. The van der Waals surface area contributed by atoms with E-state index in [1.54, 1.807) is 62.4 Å². The van der Waals surface area contributed by atoms with Crippen molar-refractivity contribution in [2.45, 2.75) is 87.9 Å². The van der Waals surface area contributed by atoms with Gasteiger partial charge in [-0.1, -0.05) is 71.8 Å². The fraction of sp³-hybridized carbons (Fsp3) is 0.462. The van der Waals surface area contributed by atoms with Crippen molar-refractivity contribution in [3.8, 4) is 11.5 Å². The first kappa shape index (κ1) is 56.5. The molecule has 2 aliphatic carbocycles. The van der Waals surface area contributed by atoms with Crippen LogP contribution in [0.1, 0.15) is 61.5 Å². The lowest BCUT2D eigenvalue weighted by molar-refractivity contribution is -0.161. The van der Waals surface area contributed by atoms with Gasteiger partial charge in [0.05, 0.1) is 11.0 Å². The molecule has 2 saturated heterocycles. The van der Waals surface area contributed by atoms with Crippen LogP contribution in [0.2, 0.25) is 0 Å². The van der Waals surface area contributed by atoms with Gasteiger partial charge >= 0.3 is 11.9 Å². The number of aromatic hydroxyl groups is 2. The van der Waals surface area contributed by atoms with E-state index < -0.39 is 154 Å². The Kier molecular flexibility index (Phi) is 16.2. The smallest absolute Gasteiger partial charge is 0.332 e. The van der Waals surface area contributed by atoms with Crippen LogP contribution in [0.15, 0.2) is 60.7 Å². The van der Waals surface area contributed by atoms with Crippen LogP contribution in [0.4, 0.5) is 0 Å². The van der Waals surface area contributed by atoms with Gasteiger partial charge in [0.15, 0.2) is 11.4 Å². The van der Waals surface area contributed by atoms with E-state index >= 15 is 0 Å². The van der Waals surface area contributed by atoms with Gasteiger partial charge in [0.25, 0.3) is 11.8 Å². The molecule has 2 aromatic carbocycles. The number of ether oxygens (including phenoxy) is 2. The Morgan fingerprint density at radius 2 is 0.936 bits per heavy atom. The number of carbonyl (C=O) groups is 10. The summed E-state index contributed by atoms with van der Waals surface area (Å²) in [5.41, 5.74) is -3.53. The molecular weight excluding hydrogens is 1050 g/mol. The lowest BCUT2D eigenvalue weighted by atomic mass is 10.1. The molecule has 0 unspecified atom stereocenters. The molecule has 0 radical (unpaired) electrons. The second-order valence-corrected chi connectivity index (χ2v) is 22.7. The fourth-order valence-electron chi connectivity index (χ4n) is 9.96. The summed E-state index contributed by atoms with van der Waals surface area (Å²) in [7, 11) is 7.47. The molecule has 4 aliphatic rings. The Morgan fingerprint density at radius 1 is 0.590 bits per heavy atom. The molecule has 8 rings (SSSR count). The van der Waals surface area contributed by atoms with Crippen LogP contribution < -0.4 is 21.3 Å². The van der Waals surface area contributed by atoms with Crippen molar-refractivity contribution in [1.29, 1.82) is 0 Å². The number of amides is 8. The van der Waals surface area contributed by atoms with E-state index in [2.05, 4.69) is 31.2 Å². The topological polar surface area (TPSA) is 316 Å². The maximum absolute atomic E-state index is 14.9. The second kappa shape index (κ2) is 22.3. The third kappa shape index (κ3) is 10.8. The van der Waals surface area contributed by atoms with Gasteiger partial charge in [-0.3, -0.25) is 38.4 Å². The predicted octanol–water partition coefficient (Wildman–Crippen LogP) is 0.724. The number of hydrogen-bond acceptors (Lipinski definition) is 18. The van der Waals surface area contributed by atoms with Crippen molar-refractivity contribution >= 4 is 103 Å². The summed E-state index contributed by atoms with van der Waals surface area (Å²) in [6, 6.07) is 6.85. The van der Waals surface area contributed by atoms with E-state index in [1.165, 1.54) is 54.2 Å². The van der Waals surface area contributed by atoms with Crippen LogP contribution in [0, 0.1) is 11.8 Å². The molecule has 26 heteroatoms. The molecule has 6 N–H and O–H groups in total. The maximum atomic E-state index is 14.9. The van der Waals surface area contributed by atoms with Crippen molar-refractivity contribution in [3.63, 3.8) is 0 Å². The average Bonchev–Trinajstić information content (AvgIpc) is 4.47. The molecule has 2 bridgehead atoms. The molecule has 4 aromatic rings. The molecule has 4 fully saturated rings. The van der Waals surface area contributed by atoms with E-state index in [0.717, 1.165) is 41.2 Å². The Bertz CT molecular complexity index is 2940. The monoisotopic (exact) mass is 1110 g/mol. The van der Waals surface area contributed by atoms with Gasteiger partial charge in [0, 0.05) is 50.5 Å². The predicted molar refractivity (Wildman–Crippen MR) is 283 cm³/mol. The van der Waals surface area contributed by atoms with E-state index in [-0.39, 0.29) is 24.3 Å². The first-order valence-electron chi connectivity index (χ1n) is 25.0. The SMILES string of the molecule is C[C@@H]1NC(=O)[C@@H](NC(=O)c2nc3ccccc3cc2O)COC(=O)[C@]2(C[C@H]2C)N(C)C(=O)[C@@H]2CSSC[C@@H](C(=O)N(C)[C@]3(C[C@@H]3C)C(=O)OC[C@H](NC(=O)c3nc4ccccc4cc3O)C(=O)N[C@H](C)C(=O)N2C)N(C)C1=O. The number of rotatable bonds is 4. The molecule has 8 amide bonds. The minimum atomic E-state index is -1.74. The van der Waals surface area contributed by atoms with Crippen molar-refractivity contribution in [2.75, 3.05) is 52.9 Å². The van der Waals surface area contributed by atoms with E-state index in [0.29, 0.717) is 21.8 Å². The zero-order valence-electron chi connectivity index (χ0n) is 43.9. The number of para-hydroxylation sites is 2. The Labute approximate surface area is 455 Å². The van der Waals surface area contributed by atoms with Crippen LogP contribution in [0.3, 0.4) is 0 Å². The van der Waals surface area contributed by atoms with E-state index in [1.807, 2.05) is 0 Å². The van der Waals surface area contributed by atoms with Crippen LogP contribution >= 0.6 is 21.6 Å². The molecule has 2 aromatic heterocycles. The maximum Gasteiger partial charge on any atom is 0.332 e. The van der Waals surface area contributed by atoms with Gasteiger partial charge < -0.3 is 60.6 Å². The van der Waals surface area contributed by atoms with Crippen LogP contribution in [-0.2, 0) is 47.8 Å². The number of nitrogens with one attached hydrogen (secondary N) is 4. The number of likely N-dealkylation sites (N-methyl/N-ethyl adjacent to an activating group) is 4. The van der Waals surface area contributed by atoms with Crippen molar-refractivity contribution in [2.24, 2.45) is 11.8 Å². The molecule has 10 atom stereocenters. The minimum absolute atomic E-state index is 0.0877. The molecule has 2 saturated carbocycles. The van der Waals surface area contributed by atoms with Gasteiger partial charge in [-0.2, -0.15) is 0 Å². The number of carbonyl (C=O) groups excluding carboxylic acids is 10. The van der Waals surface area contributed by atoms with Gasteiger partial charge in [-0.15, -0.1) is 0 Å². The van der Waals surface area contributed by atoms with Gasteiger partial charge in [0.1, 0.15) is 72.0 Å². The zero-order chi connectivity index (χ0) is 56.7. The molecular formula is C52H60N10O14S2. The van der Waals surface area contributed by atoms with Crippen LogP contribution in [0.25, 0.3) is 21.8 Å². The highest BCUT2D eigenvalue weighted by Gasteiger charge is 2.65. The highest BCUT2D eigenvalue weighted by atomic mass is 33.1. The number of pyridine rings is 2. The standard InChI is InChI=1S/C52H60N10O14S2/c1-25-19-51(25)49(73)75-21-33(57-43(67)39-37(63)17-29-13-9-11-15-31(29)55-39)41(65)53-28(4)46(70)60(6)36-24-78-77-23-35(47(71)61(51)7)59(5)45(69)27(3)54-42(66)34(22-76-50(74)52(20-26(52)2)62(8)48(36)72)58-44(68)40-38(64)18-30-14-10-12-16-32(30)56-40/h9-18,25-28,33-36,63-64H,19-24H2,1-8H3,(H,53,65)(H,54,66)(H,57,67)(H,58,68)/t25-,26+,27-,28+,33-,34-,35-,36-,51-,52+/m0/s1. The molecule has 24 nitrogen and oxygen atoms in total. The zero-order valence-corrected chi connectivity index (χ0v) is 45.6. The first-order chi connectivity index (χ1) is 36.9. The lowest BCUT2D eigenvalue weighted by Crippen LogP contribution is -2.61. The average molecular weight is 1110 g/mol. The second-order valence-electron chi connectivity index (χ2n) is 20.2. The first-order valence-corrected chi connectivity index (χ1v) is 27.5. The Morgan fingerprint density at radius 3 is 1.28 bits per heavy atom. The summed E-state index contributed by atoms with van der Waals surface area (Å²) in [6.07, 6.45) is 0.175. The number of benzene rings is 2. The van der Waals surface area contributed by atoms with Gasteiger partial charge in [0.2, 0.25) is 35.4 Å². The lowest BCUT2D eigenvalue weighted by Gasteiger charge is -2.37. The highest BCUT2D eigenvalue weighted by molar-refractivity contribution is 8.76. The van der Waals surface area contributed by atoms with E-state index in [4.69, 9.17) is 9.47 Å². The summed E-state index contributed by atoms with van der Waals surface area (Å²) < 4.78 is 11.5. The highest BCUT2D eigenvalue weighted by Crippen LogP contribution is 2.50. The van der Waals surface area contributed by atoms with Gasteiger partial charge in [-0.05, 0) is 62.8 Å². The van der Waals surface area contributed by atoms with Crippen molar-refractivity contribution in [3.05, 3.63) is 72.1 Å². The Hall–Kier alpha value is -7.74. The number of fused-ring (bicyclic) bond motifs is 7. The fourth-order valence-corrected chi connectivity index (χ4v) is 12.5. The number of esters is 2. The summed E-state index contributed by atoms with van der Waals surface area (Å²) in [5.74, 6) is -11.6.